The fraction of sp³-hybridized carbons (Fsp3) is 0.548. The summed E-state index contributed by atoms with van der Waals surface area (Å²) in [5.41, 5.74) is 4.01. The van der Waals surface area contributed by atoms with Crippen LogP contribution in [0.15, 0.2) is 47.6 Å². The molecule has 40 heavy (non-hydrogen) atoms. The molecule has 4 rings (SSSR count). The van der Waals surface area contributed by atoms with Crippen LogP contribution >= 0.6 is 0 Å². The van der Waals surface area contributed by atoms with Crippen molar-refractivity contribution in [2.75, 3.05) is 39.1 Å². The number of benzene rings is 1. The summed E-state index contributed by atoms with van der Waals surface area (Å²) in [5.74, 6) is 0.570. The molecule has 0 bridgehead atoms. The van der Waals surface area contributed by atoms with Crippen LogP contribution in [0, 0.1) is 30.1 Å². The highest BCUT2D eigenvalue weighted by Gasteiger charge is 2.44. The van der Waals surface area contributed by atoms with Gasteiger partial charge in [-0.3, -0.25) is 14.8 Å². The number of nitrogens with zero attached hydrogens (tertiary/aromatic N) is 4. The van der Waals surface area contributed by atoms with Gasteiger partial charge >= 0.3 is 0 Å². The second kappa shape index (κ2) is 14.2. The Balaban J connectivity index is 1.43. The van der Waals surface area contributed by atoms with Gasteiger partial charge < -0.3 is 25.0 Å². The van der Waals surface area contributed by atoms with E-state index in [0.717, 1.165) is 41.4 Å². The summed E-state index contributed by atoms with van der Waals surface area (Å²) in [4.78, 5) is 24.1. The van der Waals surface area contributed by atoms with Crippen molar-refractivity contribution >= 4 is 17.3 Å². The Morgan fingerprint density at radius 3 is 2.73 bits per heavy atom. The van der Waals surface area contributed by atoms with E-state index in [1.54, 1.807) is 6.20 Å². The number of hydrogen-bond acceptors (Lipinski definition) is 8. The number of anilines is 1. The molecule has 1 saturated carbocycles. The number of carbonyl (C=O) groups is 1. The van der Waals surface area contributed by atoms with Gasteiger partial charge in [0, 0.05) is 43.0 Å². The van der Waals surface area contributed by atoms with E-state index in [0.29, 0.717) is 39.0 Å². The first kappa shape index (κ1) is 29.5. The number of amides is 1. The second-order valence-corrected chi connectivity index (χ2v) is 10.9. The van der Waals surface area contributed by atoms with E-state index in [9.17, 15) is 10.1 Å². The van der Waals surface area contributed by atoms with Gasteiger partial charge in [-0.1, -0.05) is 6.07 Å². The Morgan fingerprint density at radius 2 is 2.02 bits per heavy atom. The molecule has 0 radical (unpaired) electrons. The van der Waals surface area contributed by atoms with Crippen molar-refractivity contribution in [3.8, 4) is 11.8 Å². The fourth-order valence-corrected chi connectivity index (χ4v) is 5.57. The smallest absolute Gasteiger partial charge is 0.220 e. The van der Waals surface area contributed by atoms with Gasteiger partial charge in [0.15, 0.2) is 0 Å². The average molecular weight is 547 g/mol. The minimum atomic E-state index is -0.267. The predicted octanol–water partition coefficient (Wildman–Crippen LogP) is 3.99. The van der Waals surface area contributed by atoms with Gasteiger partial charge in [0.2, 0.25) is 5.91 Å². The van der Waals surface area contributed by atoms with E-state index < -0.39 is 0 Å². The van der Waals surface area contributed by atoms with Crippen LogP contribution in [0.5, 0.6) is 5.75 Å². The zero-order chi connectivity index (χ0) is 28.5. The lowest BCUT2D eigenvalue weighted by Gasteiger charge is -2.44. The van der Waals surface area contributed by atoms with Gasteiger partial charge in [-0.25, -0.2) is 0 Å². The molecule has 0 spiro atoms. The number of ether oxygens (including phenoxy) is 2. The Kier molecular flexibility index (Phi) is 10.5. The molecule has 1 aliphatic carbocycles. The molecule has 2 heterocycles. The van der Waals surface area contributed by atoms with Gasteiger partial charge in [-0.05, 0) is 83.2 Å². The topological polar surface area (TPSA) is 112 Å². The van der Waals surface area contributed by atoms with Crippen LogP contribution in [0.3, 0.4) is 0 Å². The molecular weight excluding hydrogens is 504 g/mol. The average Bonchev–Trinajstić information content (AvgIpc) is 2.94. The van der Waals surface area contributed by atoms with Crippen molar-refractivity contribution < 1.29 is 14.3 Å². The highest BCUT2D eigenvalue weighted by molar-refractivity contribution is 5.90. The van der Waals surface area contributed by atoms with Gasteiger partial charge in [0.05, 0.1) is 42.4 Å². The van der Waals surface area contributed by atoms with E-state index >= 15 is 0 Å². The number of nitrogens with one attached hydrogen (secondary N) is 2. The molecule has 1 aromatic carbocycles. The highest BCUT2D eigenvalue weighted by atomic mass is 16.5. The number of nitriles is 1. The van der Waals surface area contributed by atoms with E-state index in [4.69, 9.17) is 14.5 Å². The first-order valence-electron chi connectivity index (χ1n) is 14.3. The van der Waals surface area contributed by atoms with E-state index in [2.05, 4.69) is 26.6 Å². The first-order chi connectivity index (χ1) is 19.4. The molecule has 2 aliphatic rings. The molecule has 1 aromatic heterocycles. The van der Waals surface area contributed by atoms with E-state index in [-0.39, 0.29) is 35.9 Å². The van der Waals surface area contributed by atoms with Crippen LogP contribution in [0.2, 0.25) is 0 Å². The third-order valence-electron chi connectivity index (χ3n) is 7.74. The van der Waals surface area contributed by atoms with Crippen LogP contribution in [0.4, 0.5) is 5.69 Å². The summed E-state index contributed by atoms with van der Waals surface area (Å²) in [7, 11) is 4.02. The van der Waals surface area contributed by atoms with E-state index in [1.807, 2.05) is 64.3 Å². The van der Waals surface area contributed by atoms with Gasteiger partial charge in [0.25, 0.3) is 0 Å². The molecule has 9 heteroatoms. The summed E-state index contributed by atoms with van der Waals surface area (Å²) in [6.45, 7) is 6.32. The number of carbonyl (C=O) groups excluding carboxylic acids is 1. The summed E-state index contributed by atoms with van der Waals surface area (Å²) in [6.07, 6.45) is 4.30. The second-order valence-electron chi connectivity index (χ2n) is 10.9. The lowest BCUT2D eigenvalue weighted by molar-refractivity contribution is -0.123. The number of pyridine rings is 1. The van der Waals surface area contributed by atoms with Crippen molar-refractivity contribution in [3.63, 3.8) is 0 Å². The molecule has 1 aliphatic heterocycles. The summed E-state index contributed by atoms with van der Waals surface area (Å²) < 4.78 is 12.0. The molecule has 5 atom stereocenters. The standard InChI is InChI=1S/C31H42N6O3/c1-5-39-29-17-26-25(16-27(29)36-30(38)9-7-15-37(3)4)31(22(18-32)19-34-26)35-23-10-12-24(13-11-23)40-20-28-21(2)8-6-14-33-28/h6,8,10-14,22,25,27,29,31,35H,5,7,9,15-17,19-20H2,1-4H3,(H,36,38). The van der Waals surface area contributed by atoms with Gasteiger partial charge in [-0.2, -0.15) is 5.26 Å². The van der Waals surface area contributed by atoms with Crippen molar-refractivity contribution in [1.82, 2.24) is 15.2 Å². The molecule has 2 N–H and O–H groups in total. The number of fused-ring (bicyclic) bond motifs is 1. The Bertz CT molecular complexity index is 1190. The molecule has 1 fully saturated rings. The zero-order valence-electron chi connectivity index (χ0n) is 24.1. The Labute approximate surface area is 238 Å². The molecule has 5 unspecified atom stereocenters. The van der Waals surface area contributed by atoms with Crippen molar-refractivity contribution in [2.45, 2.75) is 64.3 Å². The molecular formula is C31H42N6O3. The molecule has 0 saturated heterocycles. The van der Waals surface area contributed by atoms with Crippen LogP contribution in [-0.4, -0.2) is 73.5 Å². The maximum absolute atomic E-state index is 12.8. The maximum atomic E-state index is 12.8. The van der Waals surface area contributed by atoms with Crippen molar-refractivity contribution in [2.24, 2.45) is 16.8 Å². The highest BCUT2D eigenvalue weighted by Crippen LogP contribution is 2.35. The van der Waals surface area contributed by atoms with Crippen LogP contribution < -0.4 is 15.4 Å². The Morgan fingerprint density at radius 1 is 1.23 bits per heavy atom. The largest absolute Gasteiger partial charge is 0.487 e. The van der Waals surface area contributed by atoms with E-state index in [1.165, 1.54) is 0 Å². The quantitative estimate of drug-likeness (QED) is 0.414. The fourth-order valence-electron chi connectivity index (χ4n) is 5.57. The number of rotatable bonds is 12. The third-order valence-corrected chi connectivity index (χ3v) is 7.74. The SMILES string of the molecule is CCOC1CC2=NCC(C#N)C(Nc3ccc(OCc4ncccc4C)cc3)C2CC1NC(=O)CCCN(C)C. The number of hydrogen-bond donors (Lipinski definition) is 2. The minimum Gasteiger partial charge on any atom is -0.487 e. The summed E-state index contributed by atoms with van der Waals surface area (Å²) in [6, 6.07) is 14.0. The normalized spacial score (nSPS) is 24.0. The van der Waals surface area contributed by atoms with Crippen LogP contribution in [0.1, 0.15) is 43.9 Å². The van der Waals surface area contributed by atoms with Gasteiger partial charge in [0.1, 0.15) is 12.4 Å². The molecule has 2 aromatic rings. The molecule has 1 amide bonds. The minimum absolute atomic E-state index is 0.0326. The Hall–Kier alpha value is -3.48. The molecule has 214 valence electrons. The summed E-state index contributed by atoms with van der Waals surface area (Å²) in [5, 5.41) is 16.9. The number of aromatic nitrogens is 1. The third kappa shape index (κ3) is 7.80. The lowest BCUT2D eigenvalue weighted by atomic mass is 9.72. The zero-order valence-corrected chi connectivity index (χ0v) is 24.1. The predicted molar refractivity (Wildman–Crippen MR) is 156 cm³/mol. The van der Waals surface area contributed by atoms with Crippen LogP contribution in [0.25, 0.3) is 0 Å². The monoisotopic (exact) mass is 546 g/mol. The van der Waals surface area contributed by atoms with Gasteiger partial charge in [-0.15, -0.1) is 0 Å². The number of aryl methyl sites for hydroxylation is 1. The lowest BCUT2D eigenvalue weighted by Crippen LogP contribution is -2.56. The molecule has 9 nitrogen and oxygen atoms in total. The van der Waals surface area contributed by atoms with Crippen molar-refractivity contribution in [3.05, 3.63) is 53.9 Å². The van der Waals surface area contributed by atoms with Crippen molar-refractivity contribution in [1.29, 1.82) is 5.26 Å². The van der Waals surface area contributed by atoms with Crippen LogP contribution in [-0.2, 0) is 16.1 Å². The first-order valence-corrected chi connectivity index (χ1v) is 14.3. The maximum Gasteiger partial charge on any atom is 0.220 e. The number of aliphatic imine (C=N–C) groups is 1. The summed E-state index contributed by atoms with van der Waals surface area (Å²) >= 11 is 0.